The Balaban J connectivity index is 1.61. The van der Waals surface area contributed by atoms with Gasteiger partial charge in [-0.2, -0.15) is 0 Å². The molecule has 0 aliphatic carbocycles. The van der Waals surface area contributed by atoms with E-state index in [0.717, 1.165) is 28.0 Å². The zero-order chi connectivity index (χ0) is 17.8. The average molecular weight is 343 g/mol. The zero-order valence-electron chi connectivity index (χ0n) is 14.1. The van der Waals surface area contributed by atoms with Crippen molar-refractivity contribution in [2.45, 2.75) is 13.2 Å². The molecule has 2 aromatic heterocycles. The number of carbonyl (C=O) groups is 1. The molecule has 0 N–H and O–H groups in total. The van der Waals surface area contributed by atoms with E-state index in [-0.39, 0.29) is 19.1 Å². The fourth-order valence-corrected chi connectivity index (χ4v) is 2.87. The molecule has 0 bridgehead atoms. The van der Waals surface area contributed by atoms with Gasteiger partial charge in [0.15, 0.2) is 0 Å². The number of para-hydroxylation sites is 2. The maximum absolute atomic E-state index is 12.4. The lowest BCUT2D eigenvalue weighted by molar-refractivity contribution is -0.145. The summed E-state index contributed by atoms with van der Waals surface area (Å²) in [6.45, 7) is 0.363. The van der Waals surface area contributed by atoms with Crippen molar-refractivity contribution in [2.24, 2.45) is 0 Å². The Bertz CT molecular complexity index is 1030. The summed E-state index contributed by atoms with van der Waals surface area (Å²) in [6.07, 6.45) is 3.43. The van der Waals surface area contributed by atoms with Crippen LogP contribution in [0.2, 0.25) is 0 Å². The number of rotatable bonds is 5. The number of aromatic nitrogens is 3. The summed E-state index contributed by atoms with van der Waals surface area (Å²) >= 11 is 0. The lowest BCUT2D eigenvalue weighted by atomic mass is 10.2. The molecule has 128 valence electrons. The lowest BCUT2D eigenvalue weighted by Crippen LogP contribution is -2.14. The summed E-state index contributed by atoms with van der Waals surface area (Å²) < 4.78 is 7.33. The van der Waals surface area contributed by atoms with E-state index in [9.17, 15) is 4.79 Å². The summed E-state index contributed by atoms with van der Waals surface area (Å²) in [5.41, 5.74) is 3.61. The van der Waals surface area contributed by atoms with Crippen LogP contribution in [0.15, 0.2) is 79.1 Å². The van der Waals surface area contributed by atoms with E-state index in [1.165, 1.54) is 0 Å². The van der Waals surface area contributed by atoms with E-state index < -0.39 is 0 Å². The van der Waals surface area contributed by atoms with Crippen LogP contribution in [0, 0.1) is 0 Å². The van der Waals surface area contributed by atoms with Crippen LogP contribution in [0.25, 0.3) is 22.4 Å². The Morgan fingerprint density at radius 1 is 0.923 bits per heavy atom. The molecular weight excluding hydrogens is 326 g/mol. The van der Waals surface area contributed by atoms with Gasteiger partial charge in [-0.1, -0.05) is 42.5 Å². The number of fused-ring (bicyclic) bond motifs is 1. The summed E-state index contributed by atoms with van der Waals surface area (Å²) in [5, 5.41) is 0. The lowest BCUT2D eigenvalue weighted by Gasteiger charge is -2.10. The molecule has 5 heteroatoms. The van der Waals surface area contributed by atoms with Crippen LogP contribution in [-0.4, -0.2) is 20.5 Å². The van der Waals surface area contributed by atoms with E-state index in [1.54, 1.807) is 12.4 Å². The third-order valence-corrected chi connectivity index (χ3v) is 4.12. The van der Waals surface area contributed by atoms with Gasteiger partial charge in [0.05, 0.1) is 11.0 Å². The first-order valence-electron chi connectivity index (χ1n) is 8.36. The summed E-state index contributed by atoms with van der Waals surface area (Å²) in [5.74, 6) is 0.428. The third-order valence-electron chi connectivity index (χ3n) is 4.12. The maximum atomic E-state index is 12.4. The molecule has 2 heterocycles. The van der Waals surface area contributed by atoms with Crippen LogP contribution < -0.4 is 0 Å². The first kappa shape index (κ1) is 16.0. The summed E-state index contributed by atoms with van der Waals surface area (Å²) in [7, 11) is 0. The number of hydrogen-bond acceptors (Lipinski definition) is 4. The molecule has 4 rings (SSSR count). The minimum absolute atomic E-state index is 0.102. The van der Waals surface area contributed by atoms with Crippen molar-refractivity contribution in [1.82, 2.24) is 14.5 Å². The van der Waals surface area contributed by atoms with Gasteiger partial charge in [0.2, 0.25) is 0 Å². The van der Waals surface area contributed by atoms with E-state index in [4.69, 9.17) is 4.74 Å². The second-order valence-electron chi connectivity index (χ2n) is 5.89. The minimum atomic E-state index is -0.299. The van der Waals surface area contributed by atoms with Crippen molar-refractivity contribution < 1.29 is 9.53 Å². The van der Waals surface area contributed by atoms with Crippen molar-refractivity contribution in [3.05, 3.63) is 84.7 Å². The quantitative estimate of drug-likeness (QED) is 0.517. The highest BCUT2D eigenvalue weighted by molar-refractivity contribution is 5.83. The fourth-order valence-electron chi connectivity index (χ4n) is 2.87. The Morgan fingerprint density at radius 3 is 2.46 bits per heavy atom. The van der Waals surface area contributed by atoms with Crippen LogP contribution in [0.4, 0.5) is 0 Å². The maximum Gasteiger partial charge on any atom is 0.326 e. The molecule has 0 radical (unpaired) electrons. The number of hydrogen-bond donors (Lipinski definition) is 0. The van der Waals surface area contributed by atoms with Crippen molar-refractivity contribution >= 4 is 17.0 Å². The molecule has 2 aromatic carbocycles. The SMILES string of the molecule is O=C(Cn1c(-c2ccncc2)nc2ccccc21)OCc1ccccc1. The fraction of sp³-hybridized carbons (Fsp3) is 0.0952. The van der Waals surface area contributed by atoms with Crippen LogP contribution in [0.3, 0.4) is 0 Å². The molecule has 0 amide bonds. The molecule has 0 saturated heterocycles. The van der Waals surface area contributed by atoms with Gasteiger partial charge in [-0.25, -0.2) is 4.98 Å². The normalized spacial score (nSPS) is 10.8. The average Bonchev–Trinajstić information content (AvgIpc) is 3.06. The Hall–Kier alpha value is -3.47. The summed E-state index contributed by atoms with van der Waals surface area (Å²) in [4.78, 5) is 21.2. The molecule has 0 saturated carbocycles. The Kier molecular flexibility index (Phi) is 4.43. The molecule has 5 nitrogen and oxygen atoms in total. The highest BCUT2D eigenvalue weighted by atomic mass is 16.5. The van der Waals surface area contributed by atoms with Crippen molar-refractivity contribution in [1.29, 1.82) is 0 Å². The van der Waals surface area contributed by atoms with Crippen LogP contribution >= 0.6 is 0 Å². The van der Waals surface area contributed by atoms with E-state index in [1.807, 2.05) is 71.3 Å². The van der Waals surface area contributed by atoms with E-state index in [0.29, 0.717) is 0 Å². The van der Waals surface area contributed by atoms with Crippen LogP contribution in [0.1, 0.15) is 5.56 Å². The largest absolute Gasteiger partial charge is 0.459 e. The number of esters is 1. The highest BCUT2D eigenvalue weighted by Crippen LogP contribution is 2.24. The Labute approximate surface area is 150 Å². The van der Waals surface area contributed by atoms with E-state index in [2.05, 4.69) is 9.97 Å². The number of pyridine rings is 1. The topological polar surface area (TPSA) is 57.0 Å². The second kappa shape index (κ2) is 7.19. The van der Waals surface area contributed by atoms with Gasteiger partial charge in [0.25, 0.3) is 0 Å². The van der Waals surface area contributed by atoms with Gasteiger partial charge in [0.1, 0.15) is 19.0 Å². The van der Waals surface area contributed by atoms with Crippen molar-refractivity contribution in [3.8, 4) is 11.4 Å². The second-order valence-corrected chi connectivity index (χ2v) is 5.89. The first-order valence-corrected chi connectivity index (χ1v) is 8.36. The molecule has 0 fully saturated rings. The van der Waals surface area contributed by atoms with Gasteiger partial charge < -0.3 is 9.30 Å². The standard InChI is InChI=1S/C21H17N3O2/c25-20(26-15-16-6-2-1-3-7-16)14-24-19-9-5-4-8-18(19)23-21(24)17-10-12-22-13-11-17/h1-13H,14-15H2. The molecular formula is C21H17N3O2. The molecule has 0 atom stereocenters. The highest BCUT2D eigenvalue weighted by Gasteiger charge is 2.15. The minimum Gasteiger partial charge on any atom is -0.459 e. The summed E-state index contributed by atoms with van der Waals surface area (Å²) in [6, 6.07) is 21.2. The van der Waals surface area contributed by atoms with Crippen LogP contribution in [-0.2, 0) is 22.7 Å². The van der Waals surface area contributed by atoms with Crippen molar-refractivity contribution in [2.75, 3.05) is 0 Å². The number of ether oxygens (including phenoxy) is 1. The third kappa shape index (κ3) is 3.32. The smallest absolute Gasteiger partial charge is 0.326 e. The number of nitrogens with zero attached hydrogens (tertiary/aromatic N) is 3. The molecule has 0 aliphatic heterocycles. The first-order chi connectivity index (χ1) is 12.8. The van der Waals surface area contributed by atoms with Gasteiger partial charge >= 0.3 is 5.97 Å². The van der Waals surface area contributed by atoms with Gasteiger partial charge in [-0.3, -0.25) is 9.78 Å². The zero-order valence-corrected chi connectivity index (χ0v) is 14.1. The number of imidazole rings is 1. The van der Waals surface area contributed by atoms with Gasteiger partial charge in [-0.05, 0) is 29.8 Å². The monoisotopic (exact) mass is 343 g/mol. The van der Waals surface area contributed by atoms with E-state index >= 15 is 0 Å². The molecule has 0 spiro atoms. The molecule has 0 unspecified atom stereocenters. The van der Waals surface area contributed by atoms with Crippen molar-refractivity contribution in [3.63, 3.8) is 0 Å². The Morgan fingerprint density at radius 2 is 1.65 bits per heavy atom. The van der Waals surface area contributed by atoms with Crippen LogP contribution in [0.5, 0.6) is 0 Å². The van der Waals surface area contributed by atoms with Gasteiger partial charge in [0, 0.05) is 18.0 Å². The van der Waals surface area contributed by atoms with Gasteiger partial charge in [-0.15, -0.1) is 0 Å². The predicted molar refractivity (Wildman–Crippen MR) is 99.2 cm³/mol. The molecule has 4 aromatic rings. The predicted octanol–water partition coefficient (Wildman–Crippen LogP) is 3.84. The molecule has 26 heavy (non-hydrogen) atoms. The number of benzene rings is 2. The number of carbonyl (C=O) groups excluding carboxylic acids is 1. The molecule has 0 aliphatic rings.